The lowest BCUT2D eigenvalue weighted by atomic mass is 9.88. The lowest BCUT2D eigenvalue weighted by molar-refractivity contribution is 0.360. The molecule has 0 fully saturated rings. The van der Waals surface area contributed by atoms with Crippen molar-refractivity contribution in [2.45, 2.75) is 45.8 Å². The molecule has 0 amide bonds. The van der Waals surface area contributed by atoms with Gasteiger partial charge in [0.1, 0.15) is 0 Å². The third kappa shape index (κ3) is 3.70. The fourth-order valence-electron chi connectivity index (χ4n) is 1.74. The van der Waals surface area contributed by atoms with Gasteiger partial charge in [-0.3, -0.25) is 0 Å². The summed E-state index contributed by atoms with van der Waals surface area (Å²) in [7, 11) is -1.38. The van der Waals surface area contributed by atoms with Crippen molar-refractivity contribution in [1.82, 2.24) is 0 Å². The van der Waals surface area contributed by atoms with Gasteiger partial charge in [-0.2, -0.15) is 0 Å². The van der Waals surface area contributed by atoms with Gasteiger partial charge in [-0.25, -0.2) is 0 Å². The highest BCUT2D eigenvalue weighted by molar-refractivity contribution is 6.70. The highest BCUT2D eigenvalue weighted by Crippen LogP contribution is 2.29. The van der Waals surface area contributed by atoms with Gasteiger partial charge in [-0.05, 0) is 51.4 Å². The maximum Gasteiger partial charge on any atom is 0.241 e. The van der Waals surface area contributed by atoms with Crippen molar-refractivity contribution < 1.29 is 4.43 Å². The molecule has 14 heavy (non-hydrogen) atoms. The van der Waals surface area contributed by atoms with Gasteiger partial charge in [0.15, 0.2) is 0 Å². The van der Waals surface area contributed by atoms with Gasteiger partial charge in [0.25, 0.3) is 0 Å². The summed E-state index contributed by atoms with van der Waals surface area (Å²) in [6, 6.07) is 0. The zero-order chi connectivity index (χ0) is 10.8. The Morgan fingerprint density at radius 2 is 2.14 bits per heavy atom. The summed E-state index contributed by atoms with van der Waals surface area (Å²) >= 11 is 0. The van der Waals surface area contributed by atoms with Crippen LogP contribution in [0.3, 0.4) is 0 Å². The Bertz CT molecular complexity index is 248. The van der Waals surface area contributed by atoms with Crippen LogP contribution in [0.4, 0.5) is 0 Å². The van der Waals surface area contributed by atoms with Gasteiger partial charge in [0.05, 0.1) is 5.76 Å². The molecule has 1 atom stereocenters. The quantitative estimate of drug-likeness (QED) is 0.503. The smallest absolute Gasteiger partial charge is 0.241 e. The standard InChI is InChI=1S/C12H22OSi/c1-10(2)11-6-8-12(9-7-11)13-14(3,4)5/h8,11H,1,6-7,9H2,2-5H3. The molecule has 0 aromatic rings. The van der Waals surface area contributed by atoms with Crippen molar-refractivity contribution in [3.8, 4) is 0 Å². The first kappa shape index (κ1) is 11.6. The monoisotopic (exact) mass is 210 g/mol. The molecular formula is C12H22OSi. The van der Waals surface area contributed by atoms with E-state index in [2.05, 4.69) is 39.2 Å². The highest BCUT2D eigenvalue weighted by atomic mass is 28.4. The summed E-state index contributed by atoms with van der Waals surface area (Å²) in [5, 5.41) is 0. The van der Waals surface area contributed by atoms with Crippen LogP contribution in [-0.4, -0.2) is 8.32 Å². The van der Waals surface area contributed by atoms with Crippen molar-refractivity contribution in [2.75, 3.05) is 0 Å². The van der Waals surface area contributed by atoms with Crippen LogP contribution in [0.15, 0.2) is 24.0 Å². The van der Waals surface area contributed by atoms with E-state index in [9.17, 15) is 0 Å². The third-order valence-corrected chi connectivity index (χ3v) is 3.38. The molecule has 0 saturated carbocycles. The van der Waals surface area contributed by atoms with Crippen LogP contribution in [0.1, 0.15) is 26.2 Å². The summed E-state index contributed by atoms with van der Waals surface area (Å²) in [4.78, 5) is 0. The molecule has 0 radical (unpaired) electrons. The molecule has 0 aromatic carbocycles. The van der Waals surface area contributed by atoms with Crippen LogP contribution in [0.25, 0.3) is 0 Å². The molecule has 2 heteroatoms. The number of rotatable bonds is 3. The van der Waals surface area contributed by atoms with Crippen LogP contribution >= 0.6 is 0 Å². The average Bonchev–Trinajstić information content (AvgIpc) is 2.02. The second kappa shape index (κ2) is 4.35. The van der Waals surface area contributed by atoms with E-state index in [1.165, 1.54) is 17.8 Å². The average molecular weight is 210 g/mol. The van der Waals surface area contributed by atoms with Crippen LogP contribution in [0.5, 0.6) is 0 Å². The van der Waals surface area contributed by atoms with E-state index in [1.54, 1.807) is 0 Å². The van der Waals surface area contributed by atoms with E-state index in [-0.39, 0.29) is 0 Å². The van der Waals surface area contributed by atoms with Gasteiger partial charge in [0, 0.05) is 6.42 Å². The normalized spacial score (nSPS) is 22.9. The molecule has 80 valence electrons. The summed E-state index contributed by atoms with van der Waals surface area (Å²) in [6.45, 7) is 12.8. The fraction of sp³-hybridized carbons (Fsp3) is 0.667. The predicted molar refractivity (Wildman–Crippen MR) is 64.7 cm³/mol. The van der Waals surface area contributed by atoms with E-state index in [1.807, 2.05) is 0 Å². The molecule has 1 rings (SSSR count). The Labute approximate surface area is 89.0 Å². The summed E-state index contributed by atoms with van der Waals surface area (Å²) in [5.41, 5.74) is 1.31. The second-order valence-corrected chi connectivity index (χ2v) is 9.63. The maximum atomic E-state index is 5.98. The number of hydrogen-bond acceptors (Lipinski definition) is 1. The Morgan fingerprint density at radius 1 is 1.50 bits per heavy atom. The molecule has 0 N–H and O–H groups in total. The van der Waals surface area contributed by atoms with Gasteiger partial charge in [-0.1, -0.05) is 12.2 Å². The molecule has 0 saturated heterocycles. The van der Waals surface area contributed by atoms with Crippen molar-refractivity contribution in [2.24, 2.45) is 5.92 Å². The molecule has 1 nitrogen and oxygen atoms in total. The largest absolute Gasteiger partial charge is 0.548 e. The SMILES string of the molecule is C=C(C)C1CC=C(O[Si](C)(C)C)CC1. The molecule has 0 aromatic heterocycles. The number of hydrogen-bond donors (Lipinski definition) is 0. The number of allylic oxidation sites excluding steroid dienone is 3. The minimum Gasteiger partial charge on any atom is -0.548 e. The van der Waals surface area contributed by atoms with Crippen molar-refractivity contribution in [1.29, 1.82) is 0 Å². The lowest BCUT2D eigenvalue weighted by Gasteiger charge is -2.27. The van der Waals surface area contributed by atoms with Crippen LogP contribution in [-0.2, 0) is 4.43 Å². The Hall–Kier alpha value is -0.503. The van der Waals surface area contributed by atoms with Gasteiger partial charge >= 0.3 is 0 Å². The Balaban J connectivity index is 2.49. The second-order valence-electron chi connectivity index (χ2n) is 5.20. The van der Waals surface area contributed by atoms with Crippen LogP contribution in [0.2, 0.25) is 19.6 Å². The van der Waals surface area contributed by atoms with E-state index >= 15 is 0 Å². The minimum atomic E-state index is -1.38. The molecule has 0 aliphatic heterocycles. The topological polar surface area (TPSA) is 9.23 Å². The zero-order valence-electron chi connectivity index (χ0n) is 9.89. The molecule has 1 aliphatic rings. The van der Waals surface area contributed by atoms with Crippen molar-refractivity contribution in [3.63, 3.8) is 0 Å². The van der Waals surface area contributed by atoms with Gasteiger partial charge < -0.3 is 4.43 Å². The molecule has 0 bridgehead atoms. The van der Waals surface area contributed by atoms with Gasteiger partial charge in [-0.15, -0.1) is 0 Å². The molecule has 0 heterocycles. The molecule has 1 aliphatic carbocycles. The zero-order valence-corrected chi connectivity index (χ0v) is 10.9. The summed E-state index contributed by atoms with van der Waals surface area (Å²) < 4.78 is 5.98. The van der Waals surface area contributed by atoms with Crippen LogP contribution < -0.4 is 0 Å². The van der Waals surface area contributed by atoms with Crippen molar-refractivity contribution in [3.05, 3.63) is 24.0 Å². The van der Waals surface area contributed by atoms with Crippen LogP contribution in [0, 0.1) is 5.92 Å². The first-order valence-electron chi connectivity index (χ1n) is 5.42. The highest BCUT2D eigenvalue weighted by Gasteiger charge is 2.21. The third-order valence-electron chi connectivity index (χ3n) is 2.50. The summed E-state index contributed by atoms with van der Waals surface area (Å²) in [6.07, 6.45) is 5.70. The Kier molecular flexibility index (Phi) is 3.59. The summed E-state index contributed by atoms with van der Waals surface area (Å²) in [5.74, 6) is 1.91. The van der Waals surface area contributed by atoms with Gasteiger partial charge in [0.2, 0.25) is 8.32 Å². The first-order chi connectivity index (χ1) is 6.38. The van der Waals surface area contributed by atoms with E-state index in [0.717, 1.165) is 12.8 Å². The molecule has 0 spiro atoms. The van der Waals surface area contributed by atoms with Crippen molar-refractivity contribution >= 4 is 8.32 Å². The van der Waals surface area contributed by atoms with E-state index < -0.39 is 8.32 Å². The first-order valence-corrected chi connectivity index (χ1v) is 8.83. The lowest BCUT2D eigenvalue weighted by Crippen LogP contribution is -2.26. The maximum absolute atomic E-state index is 5.98. The fourth-order valence-corrected chi connectivity index (χ4v) is 2.72. The minimum absolute atomic E-state index is 0.684. The van der Waals surface area contributed by atoms with E-state index in [4.69, 9.17) is 4.43 Å². The molecular weight excluding hydrogens is 188 g/mol. The Morgan fingerprint density at radius 3 is 2.50 bits per heavy atom. The molecule has 1 unspecified atom stereocenters. The van der Waals surface area contributed by atoms with E-state index in [0.29, 0.717) is 5.92 Å². The predicted octanol–water partition coefficient (Wildman–Crippen LogP) is 4.10.